The number of carbonyl (C=O) groups is 1. The fourth-order valence-corrected chi connectivity index (χ4v) is 7.12. The van der Waals surface area contributed by atoms with Crippen LogP contribution in [0.5, 0.6) is 0 Å². The molecule has 0 aromatic rings. The van der Waals surface area contributed by atoms with E-state index in [1.807, 2.05) is 20.8 Å². The van der Waals surface area contributed by atoms with Crippen molar-refractivity contribution in [2.24, 2.45) is 5.73 Å². The van der Waals surface area contributed by atoms with E-state index in [9.17, 15) is 4.79 Å². The van der Waals surface area contributed by atoms with Crippen LogP contribution < -0.4 is 11.1 Å². The highest BCUT2D eigenvalue weighted by Crippen LogP contribution is 2.29. The quantitative estimate of drug-likeness (QED) is 0.397. The lowest BCUT2D eigenvalue weighted by Gasteiger charge is -2.34. The number of amides is 2. The molecule has 21 heavy (non-hydrogen) atoms. The van der Waals surface area contributed by atoms with Gasteiger partial charge in [0.15, 0.2) is 0 Å². The number of urea groups is 1. The minimum absolute atomic E-state index is 0.214. The number of hydrogen-bond acceptors (Lipinski definition) is 5. The number of nitrogens with one attached hydrogen (secondary N) is 1. The summed E-state index contributed by atoms with van der Waals surface area (Å²) < 4.78 is 17.8. The van der Waals surface area contributed by atoms with Crippen LogP contribution in [0, 0.1) is 0 Å². The first-order chi connectivity index (χ1) is 10.1. The summed E-state index contributed by atoms with van der Waals surface area (Å²) in [5.74, 6) is 0.904. The largest absolute Gasteiger partial charge is 0.514 e. The van der Waals surface area contributed by atoms with Crippen molar-refractivity contribution in [3.8, 4) is 0 Å². The Labute approximate surface area is 133 Å². The minimum atomic E-state index is -2.66. The van der Waals surface area contributed by atoms with Crippen LogP contribution >= 0.6 is 11.8 Å². The van der Waals surface area contributed by atoms with Crippen molar-refractivity contribution in [3.05, 3.63) is 0 Å². The van der Waals surface area contributed by atoms with Crippen LogP contribution in [0.4, 0.5) is 4.79 Å². The zero-order chi connectivity index (χ0) is 16.1. The Morgan fingerprint density at radius 3 is 2.05 bits per heavy atom. The Morgan fingerprint density at radius 1 is 1.14 bits per heavy atom. The molecule has 0 aromatic carbocycles. The first-order valence-electron chi connectivity index (χ1n) is 7.62. The van der Waals surface area contributed by atoms with Gasteiger partial charge in [-0.1, -0.05) is 6.92 Å². The number of rotatable bonds is 13. The molecule has 2 amide bonds. The molecular weight excluding hydrogens is 308 g/mol. The third-order valence-corrected chi connectivity index (χ3v) is 8.64. The molecule has 0 spiro atoms. The number of carbonyl (C=O) groups excluding carboxylic acids is 1. The molecule has 0 fully saturated rings. The smallest absolute Gasteiger partial charge is 0.373 e. The molecule has 0 aliphatic heterocycles. The summed E-state index contributed by atoms with van der Waals surface area (Å²) in [7, 11) is -2.66. The maximum Gasteiger partial charge on any atom is 0.514 e. The van der Waals surface area contributed by atoms with Gasteiger partial charge in [0.05, 0.1) is 4.87 Å². The van der Waals surface area contributed by atoms with Crippen LogP contribution in [-0.4, -0.2) is 51.8 Å². The number of primary amides is 1. The predicted octanol–water partition coefficient (Wildman–Crippen LogP) is 2.14. The molecule has 6 nitrogen and oxygen atoms in total. The lowest BCUT2D eigenvalue weighted by molar-refractivity contribution is 0.0692. The van der Waals surface area contributed by atoms with Gasteiger partial charge in [0.25, 0.3) is 0 Å². The van der Waals surface area contributed by atoms with Crippen molar-refractivity contribution in [2.45, 2.75) is 45.4 Å². The third-order valence-electron chi connectivity index (χ3n) is 2.74. The van der Waals surface area contributed by atoms with Crippen molar-refractivity contribution in [2.75, 3.05) is 32.1 Å². The van der Waals surface area contributed by atoms with E-state index in [2.05, 4.69) is 12.2 Å². The summed E-state index contributed by atoms with van der Waals surface area (Å²) in [6.45, 7) is 10.4. The summed E-state index contributed by atoms with van der Waals surface area (Å²) in [4.78, 5) is 10.8. The highest BCUT2D eigenvalue weighted by atomic mass is 32.2. The van der Waals surface area contributed by atoms with Gasteiger partial charge in [0.1, 0.15) is 0 Å². The maximum absolute atomic E-state index is 10.6. The number of nitrogens with two attached hydrogens (primary N) is 1. The zero-order valence-corrected chi connectivity index (χ0v) is 15.5. The molecule has 3 N–H and O–H groups in total. The number of hydrogen-bond donors (Lipinski definition) is 2. The van der Waals surface area contributed by atoms with Gasteiger partial charge in [0.2, 0.25) is 0 Å². The average molecular weight is 339 g/mol. The van der Waals surface area contributed by atoms with Gasteiger partial charge in [-0.2, -0.15) is 11.8 Å². The van der Waals surface area contributed by atoms with Gasteiger partial charge in [-0.05, 0) is 39.4 Å². The highest BCUT2D eigenvalue weighted by Gasteiger charge is 2.48. The van der Waals surface area contributed by atoms with Gasteiger partial charge in [-0.25, -0.2) is 4.79 Å². The molecule has 0 radical (unpaired) electrons. The van der Waals surface area contributed by atoms with Crippen molar-refractivity contribution < 1.29 is 18.1 Å². The second kappa shape index (κ2) is 12.3. The van der Waals surface area contributed by atoms with E-state index in [0.717, 1.165) is 18.6 Å². The normalized spacial score (nSPS) is 13.1. The monoisotopic (exact) mass is 338 g/mol. The molecule has 0 saturated heterocycles. The van der Waals surface area contributed by atoms with Gasteiger partial charge in [0, 0.05) is 26.4 Å². The third kappa shape index (κ3) is 8.06. The second-order valence-electron chi connectivity index (χ2n) is 4.31. The van der Waals surface area contributed by atoms with E-state index in [1.165, 1.54) is 0 Å². The Morgan fingerprint density at radius 2 is 1.67 bits per heavy atom. The molecular formula is C13H30N2O4SSi. The molecule has 0 aliphatic rings. The lowest BCUT2D eigenvalue weighted by atomic mass is 10.5. The van der Waals surface area contributed by atoms with Crippen LogP contribution in [0.3, 0.4) is 0 Å². The summed E-state index contributed by atoms with van der Waals surface area (Å²) in [6.07, 6.45) is 1.79. The average Bonchev–Trinajstić information content (AvgIpc) is 2.43. The first kappa shape index (κ1) is 20.7. The maximum atomic E-state index is 10.6. The van der Waals surface area contributed by atoms with Crippen LogP contribution in [0.25, 0.3) is 0 Å². The van der Waals surface area contributed by atoms with Crippen LogP contribution in [0.15, 0.2) is 0 Å². The zero-order valence-electron chi connectivity index (χ0n) is 13.6. The SMILES string of the molecule is CCO[Si](OCC)(OCC)C(CC)SCCCNC(N)=O. The summed E-state index contributed by atoms with van der Waals surface area (Å²) in [5.41, 5.74) is 5.04. The van der Waals surface area contributed by atoms with Crippen molar-refractivity contribution in [3.63, 3.8) is 0 Å². The molecule has 0 saturated carbocycles. The Bertz CT molecular complexity index is 268. The standard InChI is InChI=1S/C13H30N2O4SSi/c1-5-12(20-11-9-10-15-13(14)16)21(17-6-2,18-7-3)19-8-4/h12H,5-11H2,1-4H3,(H3,14,15,16). The molecule has 1 unspecified atom stereocenters. The highest BCUT2D eigenvalue weighted by molar-refractivity contribution is 8.01. The fourth-order valence-electron chi connectivity index (χ4n) is 1.99. The van der Waals surface area contributed by atoms with Crippen molar-refractivity contribution >= 4 is 26.6 Å². The van der Waals surface area contributed by atoms with Crippen LogP contribution in [-0.2, 0) is 13.3 Å². The molecule has 126 valence electrons. The van der Waals surface area contributed by atoms with Crippen LogP contribution in [0.1, 0.15) is 40.5 Å². The van der Waals surface area contributed by atoms with E-state index in [4.69, 9.17) is 19.0 Å². The van der Waals surface area contributed by atoms with Crippen molar-refractivity contribution in [1.29, 1.82) is 0 Å². The topological polar surface area (TPSA) is 82.8 Å². The van der Waals surface area contributed by atoms with Gasteiger partial charge in [-0.15, -0.1) is 0 Å². The molecule has 0 rings (SSSR count). The Hall–Kier alpha value is -0.283. The van der Waals surface area contributed by atoms with Gasteiger partial charge in [-0.3, -0.25) is 0 Å². The minimum Gasteiger partial charge on any atom is -0.373 e. The van der Waals surface area contributed by atoms with E-state index in [0.29, 0.717) is 26.4 Å². The molecule has 0 bridgehead atoms. The van der Waals surface area contributed by atoms with E-state index in [1.54, 1.807) is 11.8 Å². The van der Waals surface area contributed by atoms with E-state index < -0.39 is 14.8 Å². The fraction of sp³-hybridized carbons (Fsp3) is 0.923. The Balaban J connectivity index is 4.53. The molecule has 0 aromatic heterocycles. The lowest BCUT2D eigenvalue weighted by Crippen LogP contribution is -2.55. The van der Waals surface area contributed by atoms with E-state index >= 15 is 0 Å². The summed E-state index contributed by atoms with van der Waals surface area (Å²) in [5, 5.41) is 2.59. The van der Waals surface area contributed by atoms with Crippen molar-refractivity contribution in [1.82, 2.24) is 5.32 Å². The second-order valence-corrected chi connectivity index (χ2v) is 8.81. The predicted molar refractivity (Wildman–Crippen MR) is 89.4 cm³/mol. The molecule has 1 atom stereocenters. The number of thioether (sulfide) groups is 1. The molecule has 0 aliphatic carbocycles. The Kier molecular flexibility index (Phi) is 12.1. The molecule has 8 heteroatoms. The summed E-state index contributed by atoms with van der Waals surface area (Å²) in [6, 6.07) is -0.478. The summed E-state index contributed by atoms with van der Waals surface area (Å²) >= 11 is 1.79. The van der Waals surface area contributed by atoms with Gasteiger partial charge >= 0.3 is 14.8 Å². The first-order valence-corrected chi connectivity index (χ1v) is 10.5. The van der Waals surface area contributed by atoms with E-state index in [-0.39, 0.29) is 4.87 Å². The van der Waals surface area contributed by atoms with Crippen LogP contribution in [0.2, 0.25) is 0 Å². The molecule has 0 heterocycles. The van der Waals surface area contributed by atoms with Gasteiger partial charge < -0.3 is 24.3 Å².